The molecule has 0 spiro atoms. The summed E-state index contributed by atoms with van der Waals surface area (Å²) >= 11 is 3.47. The van der Waals surface area contributed by atoms with Crippen molar-refractivity contribution in [2.75, 3.05) is 6.61 Å². The summed E-state index contributed by atoms with van der Waals surface area (Å²) in [4.78, 5) is 24.4. The van der Waals surface area contributed by atoms with E-state index in [2.05, 4.69) is 26.6 Å². The average Bonchev–Trinajstić information content (AvgIpc) is 3.07. The Morgan fingerprint density at radius 3 is 2.71 bits per heavy atom. The Labute approximate surface area is 150 Å². The van der Waals surface area contributed by atoms with Gasteiger partial charge in [0.15, 0.2) is 0 Å². The molecule has 1 aliphatic carbocycles. The lowest BCUT2D eigenvalue weighted by atomic mass is 9.95. The summed E-state index contributed by atoms with van der Waals surface area (Å²) < 4.78 is 6.63. The summed E-state index contributed by atoms with van der Waals surface area (Å²) in [6.07, 6.45) is 4.97. The monoisotopic (exact) mass is 394 g/mol. The summed E-state index contributed by atoms with van der Waals surface area (Å²) in [5.41, 5.74) is 0.983. The van der Waals surface area contributed by atoms with Gasteiger partial charge in [0.25, 0.3) is 0 Å². The Hall–Kier alpha value is -1.56. The summed E-state index contributed by atoms with van der Waals surface area (Å²) in [6, 6.07) is 5.31. The van der Waals surface area contributed by atoms with Gasteiger partial charge in [0.1, 0.15) is 11.8 Å². The minimum atomic E-state index is -0.441. The third-order valence-corrected chi connectivity index (χ3v) is 5.33. The van der Waals surface area contributed by atoms with E-state index in [1.807, 2.05) is 18.2 Å². The fraction of sp³-hybridized carbons (Fsp3) is 0.556. The average molecular weight is 395 g/mol. The molecule has 0 radical (unpaired) electrons. The summed E-state index contributed by atoms with van der Waals surface area (Å²) in [6.45, 7) is 2.05. The third kappa shape index (κ3) is 3.91. The molecule has 0 bridgehead atoms. The van der Waals surface area contributed by atoms with Crippen LogP contribution in [0.2, 0.25) is 0 Å². The Balaban J connectivity index is 1.75. The van der Waals surface area contributed by atoms with Gasteiger partial charge in [0.05, 0.1) is 12.6 Å². The van der Waals surface area contributed by atoms with Crippen LogP contribution >= 0.6 is 15.9 Å². The van der Waals surface area contributed by atoms with E-state index in [0.29, 0.717) is 6.61 Å². The molecule has 1 aromatic rings. The second kappa shape index (κ2) is 7.55. The molecule has 1 aliphatic heterocycles. The molecule has 6 heteroatoms. The zero-order chi connectivity index (χ0) is 17.1. The molecule has 2 amide bonds. The SMILES string of the molecule is CC(=O)NC(C(=O)NC1CCOc2ccc(Br)cc21)C1CCCC1. The molecular formula is C18H23BrN2O3. The predicted molar refractivity (Wildman–Crippen MR) is 94.7 cm³/mol. The van der Waals surface area contributed by atoms with Crippen LogP contribution in [0.5, 0.6) is 5.75 Å². The number of benzene rings is 1. The maximum absolute atomic E-state index is 12.9. The molecule has 2 unspecified atom stereocenters. The van der Waals surface area contributed by atoms with Gasteiger partial charge in [-0.15, -0.1) is 0 Å². The van der Waals surface area contributed by atoms with Gasteiger partial charge in [-0.3, -0.25) is 9.59 Å². The van der Waals surface area contributed by atoms with E-state index < -0.39 is 6.04 Å². The molecule has 2 N–H and O–H groups in total. The molecule has 1 aromatic carbocycles. The van der Waals surface area contributed by atoms with Crippen LogP contribution in [-0.4, -0.2) is 24.5 Å². The van der Waals surface area contributed by atoms with Crippen LogP contribution in [0.4, 0.5) is 0 Å². The van der Waals surface area contributed by atoms with Crippen LogP contribution in [-0.2, 0) is 9.59 Å². The number of carbonyl (C=O) groups excluding carboxylic acids is 2. The van der Waals surface area contributed by atoms with Gasteiger partial charge in [-0.2, -0.15) is 0 Å². The van der Waals surface area contributed by atoms with Gasteiger partial charge in [-0.25, -0.2) is 0 Å². The highest BCUT2D eigenvalue weighted by molar-refractivity contribution is 9.10. The van der Waals surface area contributed by atoms with Gasteiger partial charge < -0.3 is 15.4 Å². The number of rotatable bonds is 4. The minimum Gasteiger partial charge on any atom is -0.493 e. The van der Waals surface area contributed by atoms with Gasteiger partial charge >= 0.3 is 0 Å². The fourth-order valence-corrected chi connectivity index (χ4v) is 4.06. The number of amides is 2. The van der Waals surface area contributed by atoms with E-state index in [-0.39, 0.29) is 23.8 Å². The Kier molecular flexibility index (Phi) is 5.43. The quantitative estimate of drug-likeness (QED) is 0.824. The summed E-state index contributed by atoms with van der Waals surface area (Å²) in [5, 5.41) is 5.99. The lowest BCUT2D eigenvalue weighted by molar-refractivity contribution is -0.130. The Morgan fingerprint density at radius 2 is 2.00 bits per heavy atom. The van der Waals surface area contributed by atoms with Crippen molar-refractivity contribution in [3.63, 3.8) is 0 Å². The summed E-state index contributed by atoms with van der Waals surface area (Å²) in [5.74, 6) is 0.800. The van der Waals surface area contributed by atoms with Gasteiger partial charge in [0, 0.05) is 23.4 Å². The number of carbonyl (C=O) groups is 2. The first-order valence-electron chi connectivity index (χ1n) is 8.54. The molecule has 5 nitrogen and oxygen atoms in total. The van der Waals surface area contributed by atoms with Crippen LogP contribution in [0, 0.1) is 5.92 Å². The number of fused-ring (bicyclic) bond motifs is 1. The predicted octanol–water partition coefficient (Wildman–Crippen LogP) is 3.08. The molecule has 1 heterocycles. The number of nitrogens with one attached hydrogen (secondary N) is 2. The minimum absolute atomic E-state index is 0.0867. The topological polar surface area (TPSA) is 67.4 Å². The van der Waals surface area contributed by atoms with Crippen molar-refractivity contribution in [1.82, 2.24) is 10.6 Å². The van der Waals surface area contributed by atoms with E-state index in [1.54, 1.807) is 0 Å². The lowest BCUT2D eigenvalue weighted by Crippen LogP contribution is -2.51. The number of halogens is 1. The Bertz CT molecular complexity index is 629. The summed E-state index contributed by atoms with van der Waals surface area (Å²) in [7, 11) is 0. The number of hydrogen-bond donors (Lipinski definition) is 2. The first-order valence-corrected chi connectivity index (χ1v) is 9.33. The number of hydrogen-bond acceptors (Lipinski definition) is 3. The van der Waals surface area contributed by atoms with E-state index in [4.69, 9.17) is 4.74 Å². The largest absolute Gasteiger partial charge is 0.493 e. The first kappa shape index (κ1) is 17.3. The zero-order valence-electron chi connectivity index (χ0n) is 13.8. The molecule has 1 saturated carbocycles. The standard InChI is InChI=1S/C18H23BrN2O3/c1-11(22)20-17(12-4-2-3-5-12)18(23)21-15-8-9-24-16-7-6-13(19)10-14(15)16/h6-7,10,12,15,17H,2-5,8-9H2,1H3,(H,20,22)(H,21,23). The molecule has 24 heavy (non-hydrogen) atoms. The second-order valence-corrected chi connectivity index (χ2v) is 7.52. The highest BCUT2D eigenvalue weighted by Gasteiger charge is 2.33. The smallest absolute Gasteiger partial charge is 0.243 e. The molecule has 0 saturated heterocycles. The van der Waals surface area contributed by atoms with Crippen molar-refractivity contribution < 1.29 is 14.3 Å². The normalized spacial score (nSPS) is 21.5. The number of ether oxygens (including phenoxy) is 1. The molecule has 1 fully saturated rings. The van der Waals surface area contributed by atoms with Gasteiger partial charge in [0.2, 0.25) is 11.8 Å². The molecule has 130 valence electrons. The van der Waals surface area contributed by atoms with E-state index >= 15 is 0 Å². The lowest BCUT2D eigenvalue weighted by Gasteiger charge is -2.30. The molecular weight excluding hydrogens is 372 g/mol. The van der Waals surface area contributed by atoms with Crippen molar-refractivity contribution >= 4 is 27.7 Å². The van der Waals surface area contributed by atoms with Crippen molar-refractivity contribution in [3.8, 4) is 5.75 Å². The van der Waals surface area contributed by atoms with Crippen molar-refractivity contribution in [3.05, 3.63) is 28.2 Å². The van der Waals surface area contributed by atoms with Crippen molar-refractivity contribution in [2.24, 2.45) is 5.92 Å². The second-order valence-electron chi connectivity index (χ2n) is 6.60. The van der Waals surface area contributed by atoms with Gasteiger partial charge in [-0.05, 0) is 37.0 Å². The molecule has 2 atom stereocenters. The van der Waals surface area contributed by atoms with Crippen LogP contribution in [0.3, 0.4) is 0 Å². The van der Waals surface area contributed by atoms with E-state index in [1.165, 1.54) is 6.92 Å². The molecule has 0 aromatic heterocycles. The molecule has 2 aliphatic rings. The molecule has 3 rings (SSSR count). The first-order chi connectivity index (χ1) is 11.5. The van der Waals surface area contributed by atoms with E-state index in [9.17, 15) is 9.59 Å². The van der Waals surface area contributed by atoms with Crippen molar-refractivity contribution in [1.29, 1.82) is 0 Å². The van der Waals surface area contributed by atoms with Gasteiger partial charge in [-0.1, -0.05) is 28.8 Å². The zero-order valence-corrected chi connectivity index (χ0v) is 15.4. The van der Waals surface area contributed by atoms with Crippen LogP contribution in [0.25, 0.3) is 0 Å². The van der Waals surface area contributed by atoms with Crippen molar-refractivity contribution in [2.45, 2.75) is 51.1 Å². The highest BCUT2D eigenvalue weighted by atomic mass is 79.9. The van der Waals surface area contributed by atoms with Crippen LogP contribution in [0.15, 0.2) is 22.7 Å². The third-order valence-electron chi connectivity index (χ3n) is 4.84. The van der Waals surface area contributed by atoms with Crippen LogP contribution in [0.1, 0.15) is 50.6 Å². The fourth-order valence-electron chi connectivity index (χ4n) is 3.68. The maximum atomic E-state index is 12.9. The van der Waals surface area contributed by atoms with E-state index in [0.717, 1.165) is 47.9 Å². The van der Waals surface area contributed by atoms with Crippen LogP contribution < -0.4 is 15.4 Å². The maximum Gasteiger partial charge on any atom is 0.243 e. The Morgan fingerprint density at radius 1 is 1.25 bits per heavy atom. The highest BCUT2D eigenvalue weighted by Crippen LogP contribution is 2.35.